The Bertz CT molecular complexity index is 1950. The van der Waals surface area contributed by atoms with Crippen molar-refractivity contribution in [3.05, 3.63) is 125 Å². The largest absolute Gasteiger partial charge is 0.508 e. The molecule has 3 aliphatic heterocycles. The second kappa shape index (κ2) is 16.5. The van der Waals surface area contributed by atoms with E-state index in [1.165, 1.54) is 11.1 Å². The average Bonchev–Trinajstić information content (AvgIpc) is 3.52. The quantitative estimate of drug-likeness (QED) is 0.121. The topological polar surface area (TPSA) is 114 Å². The maximum absolute atomic E-state index is 13.2. The third-order valence-electron chi connectivity index (χ3n) is 10.5. The van der Waals surface area contributed by atoms with Crippen LogP contribution in [-0.4, -0.2) is 96.0 Å². The summed E-state index contributed by atoms with van der Waals surface area (Å²) in [5, 5.41) is 15.8. The van der Waals surface area contributed by atoms with Gasteiger partial charge in [0.25, 0.3) is 5.91 Å². The Labute approximate surface area is 311 Å². The molecule has 3 N–H and O–H groups in total. The van der Waals surface area contributed by atoms with Gasteiger partial charge in [-0.1, -0.05) is 67.6 Å². The van der Waals surface area contributed by atoms with Gasteiger partial charge in [0.2, 0.25) is 11.8 Å². The van der Waals surface area contributed by atoms with E-state index >= 15 is 0 Å². The summed E-state index contributed by atoms with van der Waals surface area (Å²) < 4.78 is 6.20. The highest BCUT2D eigenvalue weighted by atomic mass is 16.5. The maximum atomic E-state index is 13.2. The lowest BCUT2D eigenvalue weighted by atomic mass is 9.88. The number of anilines is 1. The van der Waals surface area contributed by atoms with Crippen LogP contribution in [-0.2, 0) is 16.1 Å². The predicted molar refractivity (Wildman–Crippen MR) is 207 cm³/mol. The van der Waals surface area contributed by atoms with Gasteiger partial charge in [-0.15, -0.1) is 0 Å². The first-order valence-electron chi connectivity index (χ1n) is 18.6. The molecule has 2 saturated heterocycles. The summed E-state index contributed by atoms with van der Waals surface area (Å²) in [5.41, 5.74) is 8.20. The van der Waals surface area contributed by atoms with Crippen LogP contribution in [0.15, 0.2) is 97.1 Å². The third kappa shape index (κ3) is 8.29. The van der Waals surface area contributed by atoms with Crippen LogP contribution < -0.4 is 15.4 Å². The number of ether oxygens (including phenoxy) is 1. The highest BCUT2D eigenvalue weighted by Gasteiger charge is 2.39. The molecule has 0 spiro atoms. The molecule has 0 radical (unpaired) electrons. The Hall–Kier alpha value is -5.45. The van der Waals surface area contributed by atoms with E-state index in [-0.39, 0.29) is 24.0 Å². The number of phenols is 1. The number of nitrogens with zero attached hydrogens (tertiary/aromatic N) is 3. The molecule has 1 unspecified atom stereocenters. The Balaban J connectivity index is 0.875. The molecule has 3 aliphatic rings. The van der Waals surface area contributed by atoms with Crippen LogP contribution in [0.4, 0.5) is 5.69 Å². The first-order chi connectivity index (χ1) is 25.9. The first-order valence-corrected chi connectivity index (χ1v) is 18.6. The summed E-state index contributed by atoms with van der Waals surface area (Å²) in [6, 6.07) is 31.3. The minimum atomic E-state index is -0.616. The summed E-state index contributed by atoms with van der Waals surface area (Å²) in [6.07, 6.45) is 1.47. The van der Waals surface area contributed by atoms with Gasteiger partial charge >= 0.3 is 0 Å². The lowest BCUT2D eigenvalue weighted by Gasteiger charge is -2.34. The monoisotopic (exact) mass is 713 g/mol. The number of allylic oxidation sites excluding steroid dienone is 1. The molecule has 4 aromatic rings. The fourth-order valence-electron chi connectivity index (χ4n) is 7.65. The number of imide groups is 1. The molecule has 0 aromatic heterocycles. The number of piperazine rings is 1. The van der Waals surface area contributed by atoms with Crippen molar-refractivity contribution in [1.82, 2.24) is 20.0 Å². The highest BCUT2D eigenvalue weighted by Crippen LogP contribution is 2.36. The summed E-state index contributed by atoms with van der Waals surface area (Å²) in [5.74, 6) is 0.262. The fourth-order valence-corrected chi connectivity index (χ4v) is 7.65. The van der Waals surface area contributed by atoms with Crippen molar-refractivity contribution in [3.63, 3.8) is 0 Å². The normalized spacial score (nSPS) is 18.4. The maximum Gasteiger partial charge on any atom is 0.255 e. The van der Waals surface area contributed by atoms with Gasteiger partial charge < -0.3 is 20.1 Å². The lowest BCUT2D eigenvalue weighted by Crippen LogP contribution is -2.52. The molecule has 3 heterocycles. The highest BCUT2D eigenvalue weighted by molar-refractivity contribution is 6.06. The van der Waals surface area contributed by atoms with E-state index in [1.807, 2.05) is 48.5 Å². The van der Waals surface area contributed by atoms with Crippen LogP contribution in [0.3, 0.4) is 0 Å². The van der Waals surface area contributed by atoms with Crippen molar-refractivity contribution in [1.29, 1.82) is 0 Å². The second-order valence-corrected chi connectivity index (χ2v) is 13.8. The number of piperidine rings is 1. The average molecular weight is 714 g/mol. The van der Waals surface area contributed by atoms with Crippen molar-refractivity contribution in [2.24, 2.45) is 0 Å². The van der Waals surface area contributed by atoms with Gasteiger partial charge in [-0.2, -0.15) is 0 Å². The molecule has 0 aliphatic carbocycles. The second-order valence-electron chi connectivity index (χ2n) is 13.8. The molecular formula is C43H47N5O5. The number of nitrogens with one attached hydrogen (secondary N) is 2. The SMILES string of the molecule is CC/C(=C(\c1ccc(O)cc1)c1ccc(OCCN2CCN(CCNc3cccc4c3CN(C3CCC(=O)NC3=O)C4=O)CC2)cc1)c1ccccc1. The van der Waals surface area contributed by atoms with Crippen LogP contribution in [0.1, 0.15) is 58.8 Å². The Morgan fingerprint density at radius 3 is 2.17 bits per heavy atom. The van der Waals surface area contributed by atoms with Gasteiger partial charge in [-0.05, 0) is 77.1 Å². The van der Waals surface area contributed by atoms with E-state index < -0.39 is 11.9 Å². The molecule has 3 amide bonds. The standard InChI is InChI=1S/C43H47N5O5/c1-2-35(30-7-4-3-5-8-30)41(31-11-15-33(49)16-12-31)32-13-17-34(18-14-32)53-28-27-47-25-23-46(24-26-47)22-21-44-38-10-6-9-36-37(38)29-48(43(36)52)39-19-20-40(50)45-42(39)51/h3-18,39,44,49H,2,19-29H2,1H3,(H,45,50,51)/b41-35-. The fraction of sp³-hybridized carbons (Fsp3) is 0.326. The zero-order valence-corrected chi connectivity index (χ0v) is 30.2. The number of amides is 3. The Morgan fingerprint density at radius 2 is 1.49 bits per heavy atom. The zero-order valence-electron chi connectivity index (χ0n) is 30.2. The van der Waals surface area contributed by atoms with Crippen molar-refractivity contribution in [2.45, 2.75) is 38.8 Å². The number of carbonyl (C=O) groups is 3. The van der Waals surface area contributed by atoms with Gasteiger partial charge in [-0.3, -0.25) is 29.5 Å². The van der Waals surface area contributed by atoms with Crippen LogP contribution >= 0.6 is 0 Å². The van der Waals surface area contributed by atoms with Crippen LogP contribution in [0.5, 0.6) is 11.5 Å². The minimum Gasteiger partial charge on any atom is -0.508 e. The molecule has 10 heteroatoms. The van der Waals surface area contributed by atoms with E-state index in [9.17, 15) is 19.5 Å². The van der Waals surface area contributed by atoms with Gasteiger partial charge in [0.1, 0.15) is 24.1 Å². The Morgan fingerprint density at radius 1 is 0.811 bits per heavy atom. The van der Waals surface area contributed by atoms with Crippen molar-refractivity contribution >= 4 is 34.6 Å². The molecule has 4 aromatic carbocycles. The number of aromatic hydroxyl groups is 1. The number of carbonyl (C=O) groups excluding carboxylic acids is 3. The number of fused-ring (bicyclic) bond motifs is 1. The first kappa shape index (κ1) is 35.9. The van der Waals surface area contributed by atoms with Gasteiger partial charge in [-0.25, -0.2) is 0 Å². The summed E-state index contributed by atoms with van der Waals surface area (Å²) in [6.45, 7) is 9.52. The zero-order chi connectivity index (χ0) is 36.7. The molecule has 0 saturated carbocycles. The Kier molecular flexibility index (Phi) is 11.2. The van der Waals surface area contributed by atoms with E-state index in [1.54, 1.807) is 17.0 Å². The van der Waals surface area contributed by atoms with Crippen molar-refractivity contribution in [2.75, 3.05) is 57.7 Å². The van der Waals surface area contributed by atoms with Crippen LogP contribution in [0.25, 0.3) is 11.1 Å². The van der Waals surface area contributed by atoms with Gasteiger partial charge in [0.15, 0.2) is 0 Å². The lowest BCUT2D eigenvalue weighted by molar-refractivity contribution is -0.136. The number of hydrogen-bond donors (Lipinski definition) is 3. The summed E-state index contributed by atoms with van der Waals surface area (Å²) in [4.78, 5) is 43.7. The molecule has 0 bridgehead atoms. The molecule has 274 valence electrons. The predicted octanol–water partition coefficient (Wildman–Crippen LogP) is 5.63. The molecule has 7 rings (SSSR count). The van der Waals surface area contributed by atoms with E-state index in [4.69, 9.17) is 4.74 Å². The van der Waals surface area contributed by atoms with E-state index in [0.717, 1.165) is 85.9 Å². The number of benzene rings is 4. The minimum absolute atomic E-state index is 0.156. The number of phenolic OH excluding ortho intramolecular Hbond substituents is 1. The number of hydrogen-bond acceptors (Lipinski definition) is 8. The summed E-state index contributed by atoms with van der Waals surface area (Å²) in [7, 11) is 0. The van der Waals surface area contributed by atoms with Gasteiger partial charge in [0, 0.05) is 75.6 Å². The van der Waals surface area contributed by atoms with E-state index in [0.29, 0.717) is 25.1 Å². The molecule has 10 nitrogen and oxygen atoms in total. The van der Waals surface area contributed by atoms with Crippen LogP contribution in [0, 0.1) is 0 Å². The molecule has 53 heavy (non-hydrogen) atoms. The third-order valence-corrected chi connectivity index (χ3v) is 10.5. The smallest absolute Gasteiger partial charge is 0.255 e. The molecule has 2 fully saturated rings. The van der Waals surface area contributed by atoms with Crippen molar-refractivity contribution < 1.29 is 24.2 Å². The summed E-state index contributed by atoms with van der Waals surface area (Å²) >= 11 is 0. The number of rotatable bonds is 13. The van der Waals surface area contributed by atoms with Crippen molar-refractivity contribution in [3.8, 4) is 11.5 Å². The molecular weight excluding hydrogens is 667 g/mol. The molecule has 1 atom stereocenters. The van der Waals surface area contributed by atoms with E-state index in [2.05, 4.69) is 63.8 Å². The van der Waals surface area contributed by atoms with Gasteiger partial charge in [0.05, 0.1) is 0 Å². The van der Waals surface area contributed by atoms with Crippen LogP contribution in [0.2, 0.25) is 0 Å².